The van der Waals surface area contributed by atoms with Gasteiger partial charge in [-0.1, -0.05) is 109 Å². The van der Waals surface area contributed by atoms with E-state index in [1.807, 2.05) is 60.7 Å². The number of nitrogens with zero attached hydrogens (tertiary/aromatic N) is 5. The summed E-state index contributed by atoms with van der Waals surface area (Å²) >= 11 is 0. The molecule has 9 rings (SSSR count). The van der Waals surface area contributed by atoms with Gasteiger partial charge < -0.3 is 9.47 Å². The topological polar surface area (TPSA) is 79.5 Å². The van der Waals surface area contributed by atoms with Gasteiger partial charge >= 0.3 is 0 Å². The van der Waals surface area contributed by atoms with Crippen LogP contribution in [-0.4, -0.2) is 10.1 Å². The van der Waals surface area contributed by atoms with E-state index in [-0.39, 0.29) is 11.5 Å². The van der Waals surface area contributed by atoms with Crippen molar-refractivity contribution in [2.24, 2.45) is 0 Å². The van der Waals surface area contributed by atoms with Crippen molar-refractivity contribution in [2.75, 3.05) is 4.90 Å². The zero-order chi connectivity index (χ0) is 34.7. The second-order valence-corrected chi connectivity index (χ2v) is 13.2. The molecule has 2 unspecified atom stereocenters. The molecule has 0 N–H and O–H groups in total. The van der Waals surface area contributed by atoms with E-state index in [4.69, 9.17) is 0 Å². The lowest BCUT2D eigenvalue weighted by Crippen LogP contribution is -2.42. The van der Waals surface area contributed by atoms with E-state index in [0.717, 1.165) is 61.0 Å². The van der Waals surface area contributed by atoms with Crippen molar-refractivity contribution in [1.29, 1.82) is 15.8 Å². The van der Waals surface area contributed by atoms with Crippen LogP contribution in [0.2, 0.25) is 0 Å². The molecule has 0 bridgehead atoms. The highest BCUT2D eigenvalue weighted by Gasteiger charge is 2.47. The average Bonchev–Trinajstić information content (AvgIpc) is 3.66. The summed E-state index contributed by atoms with van der Waals surface area (Å²) < 4.78 is 2.09. The summed E-state index contributed by atoms with van der Waals surface area (Å²) in [4.78, 5) is 2.40. The van der Waals surface area contributed by atoms with Crippen molar-refractivity contribution < 1.29 is 0 Å². The molecule has 1 aromatic heterocycles. The van der Waals surface area contributed by atoms with Crippen LogP contribution in [0, 0.1) is 34.0 Å². The van der Waals surface area contributed by atoms with E-state index in [1.165, 1.54) is 0 Å². The van der Waals surface area contributed by atoms with Crippen molar-refractivity contribution in [1.82, 2.24) is 4.57 Å². The molecular weight excluding hydrogens is 623 g/mol. The fourth-order valence-electron chi connectivity index (χ4n) is 8.25. The van der Waals surface area contributed by atoms with Crippen LogP contribution in [0.5, 0.6) is 0 Å². The molecule has 0 saturated heterocycles. The normalized spacial score (nSPS) is 17.1. The fourth-order valence-corrected chi connectivity index (χ4v) is 8.25. The van der Waals surface area contributed by atoms with E-state index in [1.54, 1.807) is 0 Å². The number of allylic oxidation sites excluding steroid dienone is 2. The summed E-state index contributed by atoms with van der Waals surface area (Å²) in [6.45, 7) is 2.25. The third kappa shape index (κ3) is 4.38. The lowest BCUT2D eigenvalue weighted by Gasteiger charge is -2.40. The van der Waals surface area contributed by atoms with Crippen LogP contribution in [0.15, 0.2) is 152 Å². The van der Waals surface area contributed by atoms with Crippen LogP contribution >= 0.6 is 0 Å². The van der Waals surface area contributed by atoms with E-state index >= 15 is 0 Å². The largest absolute Gasteiger partial charge is 0.330 e. The summed E-state index contributed by atoms with van der Waals surface area (Å²) in [7, 11) is 0. The average molecular weight is 652 g/mol. The third-order valence-electron chi connectivity index (χ3n) is 10.6. The van der Waals surface area contributed by atoms with E-state index < -0.39 is 0 Å². The minimum Gasteiger partial charge on any atom is -0.330 e. The molecule has 5 heteroatoms. The molecule has 0 radical (unpaired) electrons. The van der Waals surface area contributed by atoms with Crippen molar-refractivity contribution in [3.05, 3.63) is 174 Å². The van der Waals surface area contributed by atoms with Gasteiger partial charge in [0.2, 0.25) is 0 Å². The fraction of sp³-hybridized carbons (Fsp3) is 0.0652. The highest BCUT2D eigenvalue weighted by molar-refractivity contribution is 6.09. The number of nitriles is 3. The maximum atomic E-state index is 10.5. The number of para-hydroxylation sites is 3. The molecule has 0 spiro atoms. The van der Waals surface area contributed by atoms with Gasteiger partial charge in [-0.2, -0.15) is 15.8 Å². The Labute approximate surface area is 296 Å². The second-order valence-electron chi connectivity index (χ2n) is 13.2. The maximum absolute atomic E-state index is 10.5. The first-order valence-electron chi connectivity index (χ1n) is 16.9. The molecule has 51 heavy (non-hydrogen) atoms. The monoisotopic (exact) mass is 651 g/mol. The Hall–Kier alpha value is -7.13. The quantitative estimate of drug-likeness (QED) is 0.190. The molecule has 5 nitrogen and oxygen atoms in total. The van der Waals surface area contributed by atoms with Gasteiger partial charge in [-0.25, -0.2) is 0 Å². The van der Waals surface area contributed by atoms with Crippen molar-refractivity contribution >= 4 is 33.2 Å². The van der Waals surface area contributed by atoms with Crippen LogP contribution < -0.4 is 4.90 Å². The molecule has 2 heterocycles. The number of hydrogen-bond donors (Lipinski definition) is 0. The molecule has 0 saturated carbocycles. The van der Waals surface area contributed by atoms with Crippen LogP contribution in [0.4, 0.5) is 11.4 Å². The first-order valence-corrected chi connectivity index (χ1v) is 16.9. The molecule has 7 aromatic rings. The first-order chi connectivity index (χ1) is 25.1. The van der Waals surface area contributed by atoms with Gasteiger partial charge in [0.1, 0.15) is 12.1 Å². The molecule has 6 aromatic carbocycles. The number of aromatic nitrogens is 1. The zero-order valence-corrected chi connectivity index (χ0v) is 27.7. The molecule has 0 fully saturated rings. The Kier molecular flexibility index (Phi) is 6.75. The van der Waals surface area contributed by atoms with Gasteiger partial charge in [0, 0.05) is 39.2 Å². The van der Waals surface area contributed by atoms with Crippen LogP contribution in [0.3, 0.4) is 0 Å². The smallest absolute Gasteiger partial charge is 0.103 e. The SMILES string of the molecule is CC12C=CC=CC1c1cc(C#N)ccc1N2c1ccccc1-c1ccc(-c2ccc(-n3c4ccccc4c4ccccc43)c(C#N)c2C#N)cc1. The van der Waals surface area contributed by atoms with Crippen LogP contribution in [0.1, 0.15) is 35.1 Å². The zero-order valence-electron chi connectivity index (χ0n) is 27.7. The summed E-state index contributed by atoms with van der Waals surface area (Å²) in [6, 6.07) is 50.0. The number of fused-ring (bicyclic) bond motifs is 6. The lowest BCUT2D eigenvalue weighted by molar-refractivity contribution is 0.542. The van der Waals surface area contributed by atoms with Gasteiger partial charge in [-0.15, -0.1) is 0 Å². The standard InChI is InChI=1S/C46H29N5/c1-46-25-9-8-13-40(46)37-26-30(27-47)17-23-45(37)51(46)44-16-7-2-10-34(44)32-20-18-31(19-21-32)33-22-24-43(39(29-49)38(33)28-48)50-41-14-5-3-11-35(41)36-12-4-6-15-42(36)50/h2-26,40H,1H3. The number of hydrogen-bond acceptors (Lipinski definition) is 4. The molecule has 1 aliphatic carbocycles. The van der Waals surface area contributed by atoms with Gasteiger partial charge in [0.05, 0.1) is 45.0 Å². The van der Waals surface area contributed by atoms with Gasteiger partial charge in [0.15, 0.2) is 0 Å². The van der Waals surface area contributed by atoms with Crippen LogP contribution in [-0.2, 0) is 0 Å². The maximum Gasteiger partial charge on any atom is 0.103 e. The Morgan fingerprint density at radius 1 is 0.569 bits per heavy atom. The van der Waals surface area contributed by atoms with Crippen molar-refractivity contribution in [3.8, 4) is 46.1 Å². The van der Waals surface area contributed by atoms with E-state index in [0.29, 0.717) is 22.4 Å². The number of benzene rings is 6. The Morgan fingerprint density at radius 3 is 1.88 bits per heavy atom. The van der Waals surface area contributed by atoms with Gasteiger partial charge in [0.25, 0.3) is 0 Å². The molecule has 238 valence electrons. The van der Waals surface area contributed by atoms with E-state index in [2.05, 4.69) is 126 Å². The van der Waals surface area contributed by atoms with E-state index in [9.17, 15) is 15.8 Å². The minimum atomic E-state index is -0.352. The Morgan fingerprint density at radius 2 is 1.20 bits per heavy atom. The summed E-state index contributed by atoms with van der Waals surface area (Å²) in [5.74, 6) is 0.102. The second kappa shape index (κ2) is 11.5. The van der Waals surface area contributed by atoms with Crippen molar-refractivity contribution in [3.63, 3.8) is 0 Å². The molecule has 2 aliphatic rings. The molecule has 2 atom stereocenters. The summed E-state index contributed by atoms with van der Waals surface area (Å²) in [6.07, 6.45) is 8.67. The molecule has 1 aliphatic heterocycles. The minimum absolute atomic E-state index is 0.102. The molecular formula is C46H29N5. The van der Waals surface area contributed by atoms with Gasteiger partial charge in [-0.3, -0.25) is 0 Å². The first kappa shape index (κ1) is 30.0. The number of rotatable bonds is 4. The summed E-state index contributed by atoms with van der Waals surface area (Å²) in [5.41, 5.74) is 10.7. The lowest BCUT2D eigenvalue weighted by atomic mass is 9.80. The van der Waals surface area contributed by atoms with Crippen molar-refractivity contribution in [2.45, 2.75) is 18.4 Å². The van der Waals surface area contributed by atoms with Crippen LogP contribution in [0.25, 0.3) is 49.7 Å². The Balaban J connectivity index is 1.14. The highest BCUT2D eigenvalue weighted by atomic mass is 15.2. The predicted molar refractivity (Wildman–Crippen MR) is 204 cm³/mol. The highest BCUT2D eigenvalue weighted by Crippen LogP contribution is 2.55. The Bertz CT molecular complexity index is 2710. The predicted octanol–water partition coefficient (Wildman–Crippen LogP) is 10.9. The summed E-state index contributed by atoms with van der Waals surface area (Å²) in [5, 5.41) is 32.9. The number of anilines is 2. The van der Waals surface area contributed by atoms with Gasteiger partial charge in [-0.05, 0) is 66.1 Å². The molecule has 0 amide bonds. The third-order valence-corrected chi connectivity index (χ3v) is 10.6.